The van der Waals surface area contributed by atoms with Gasteiger partial charge in [0.15, 0.2) is 0 Å². The van der Waals surface area contributed by atoms with Gasteiger partial charge in [0.1, 0.15) is 0 Å². The fourth-order valence-corrected chi connectivity index (χ4v) is 2.49. The number of alkyl halides is 3. The molecule has 0 spiro atoms. The molecule has 2 saturated carbocycles. The Morgan fingerprint density at radius 3 is 2.10 bits per heavy atom. The Balaban J connectivity index is 1.94. The van der Waals surface area contributed by atoms with E-state index in [9.17, 15) is 22.8 Å². The van der Waals surface area contributed by atoms with Crippen LogP contribution in [0.4, 0.5) is 13.2 Å². The summed E-state index contributed by atoms with van der Waals surface area (Å²) in [6.45, 7) is -0.0283. The predicted octanol–water partition coefficient (Wildman–Crippen LogP) is 2.29. The third-order valence-corrected chi connectivity index (χ3v) is 4.06. The van der Waals surface area contributed by atoms with Crippen molar-refractivity contribution in [1.29, 1.82) is 0 Å². The van der Waals surface area contributed by atoms with Crippen LogP contribution in [0.15, 0.2) is 0 Å². The molecule has 0 aromatic heterocycles. The van der Waals surface area contributed by atoms with Gasteiger partial charge < -0.3 is 10.0 Å². The molecule has 0 aliphatic heterocycles. The topological polar surface area (TPSA) is 57.6 Å². The Morgan fingerprint density at radius 2 is 1.70 bits per heavy atom. The maximum atomic E-state index is 12.3. The van der Waals surface area contributed by atoms with Crippen molar-refractivity contribution >= 4 is 11.9 Å². The number of amides is 1. The van der Waals surface area contributed by atoms with Crippen LogP contribution in [0.5, 0.6) is 0 Å². The summed E-state index contributed by atoms with van der Waals surface area (Å²) in [4.78, 5) is 24.4. The molecular formula is C13H18F3NO3. The molecule has 2 rings (SSSR count). The van der Waals surface area contributed by atoms with Crippen LogP contribution in [0.1, 0.15) is 32.1 Å². The normalized spacial score (nSPS) is 25.9. The molecular weight excluding hydrogens is 275 g/mol. The average molecular weight is 293 g/mol. The van der Waals surface area contributed by atoms with Crippen LogP contribution in [0.2, 0.25) is 0 Å². The maximum Gasteiger partial charge on any atom is 0.390 e. The summed E-state index contributed by atoms with van der Waals surface area (Å²) < 4.78 is 36.9. The molecule has 0 aromatic carbocycles. The highest BCUT2D eigenvalue weighted by Crippen LogP contribution is 2.37. The number of carbonyl (C=O) groups is 2. The zero-order chi connectivity index (χ0) is 14.9. The third-order valence-electron chi connectivity index (χ3n) is 4.06. The number of nitrogens with zero attached hydrogens (tertiary/aromatic N) is 1. The van der Waals surface area contributed by atoms with Gasteiger partial charge in [-0.1, -0.05) is 0 Å². The van der Waals surface area contributed by atoms with Gasteiger partial charge in [-0.15, -0.1) is 0 Å². The Hall–Kier alpha value is -1.27. The van der Waals surface area contributed by atoms with Crippen LogP contribution >= 0.6 is 0 Å². The van der Waals surface area contributed by atoms with Gasteiger partial charge in [0, 0.05) is 13.1 Å². The quantitative estimate of drug-likeness (QED) is 0.817. The molecule has 2 unspecified atom stereocenters. The van der Waals surface area contributed by atoms with Crippen LogP contribution in [-0.2, 0) is 9.59 Å². The van der Waals surface area contributed by atoms with Crippen LogP contribution in [0.25, 0.3) is 0 Å². The van der Waals surface area contributed by atoms with Gasteiger partial charge in [-0.3, -0.25) is 9.59 Å². The van der Waals surface area contributed by atoms with E-state index in [-0.39, 0.29) is 12.5 Å². The first-order valence-corrected chi connectivity index (χ1v) is 6.86. The van der Waals surface area contributed by atoms with E-state index in [2.05, 4.69) is 0 Å². The molecule has 0 heterocycles. The minimum Gasteiger partial charge on any atom is -0.481 e. The minimum absolute atomic E-state index is 0.288. The van der Waals surface area contributed by atoms with Crippen molar-refractivity contribution in [2.75, 3.05) is 13.1 Å². The Morgan fingerprint density at radius 1 is 1.10 bits per heavy atom. The van der Waals surface area contributed by atoms with Crippen LogP contribution in [-0.4, -0.2) is 41.1 Å². The van der Waals surface area contributed by atoms with Crippen molar-refractivity contribution in [3.8, 4) is 0 Å². The first-order valence-electron chi connectivity index (χ1n) is 6.86. The lowest BCUT2D eigenvalue weighted by atomic mass is 9.73. The highest BCUT2D eigenvalue weighted by atomic mass is 19.4. The molecule has 0 aromatic rings. The van der Waals surface area contributed by atoms with Crippen molar-refractivity contribution in [2.24, 2.45) is 17.8 Å². The van der Waals surface area contributed by atoms with E-state index in [0.717, 1.165) is 12.8 Å². The number of halogens is 3. The van der Waals surface area contributed by atoms with Crippen molar-refractivity contribution in [3.05, 3.63) is 0 Å². The number of carboxylic acid groups (broad SMARTS) is 1. The second-order valence-electron chi connectivity index (χ2n) is 5.72. The summed E-state index contributed by atoms with van der Waals surface area (Å²) >= 11 is 0. The first-order chi connectivity index (χ1) is 9.28. The Labute approximate surface area is 114 Å². The van der Waals surface area contributed by atoms with Gasteiger partial charge in [0.05, 0.1) is 18.3 Å². The molecule has 2 aliphatic carbocycles. The van der Waals surface area contributed by atoms with Gasteiger partial charge in [0.25, 0.3) is 0 Å². The van der Waals surface area contributed by atoms with Crippen molar-refractivity contribution in [1.82, 2.24) is 4.90 Å². The molecule has 20 heavy (non-hydrogen) atoms. The number of carboxylic acids is 1. The van der Waals surface area contributed by atoms with Gasteiger partial charge in [-0.25, -0.2) is 0 Å². The molecule has 2 atom stereocenters. The smallest absolute Gasteiger partial charge is 0.390 e. The molecule has 0 saturated heterocycles. The molecule has 1 N–H and O–H groups in total. The molecule has 1 amide bonds. The lowest BCUT2D eigenvalue weighted by molar-refractivity contribution is -0.160. The third kappa shape index (κ3) is 3.86. The highest BCUT2D eigenvalue weighted by Gasteiger charge is 2.44. The van der Waals surface area contributed by atoms with E-state index in [1.54, 1.807) is 0 Å². The van der Waals surface area contributed by atoms with Gasteiger partial charge in [-0.05, 0) is 31.6 Å². The standard InChI is InChI=1S/C13H18F3NO3/c14-13(15,16)5-6-17(7-8-1-2-8)11(18)9-3-4-10(9)12(19)20/h8-10H,1-7H2,(H,19,20). The number of carbonyl (C=O) groups excluding carboxylic acids is 1. The summed E-state index contributed by atoms with van der Waals surface area (Å²) in [5, 5.41) is 8.94. The van der Waals surface area contributed by atoms with Gasteiger partial charge >= 0.3 is 12.1 Å². The number of hydrogen-bond donors (Lipinski definition) is 1. The Kier molecular flexibility index (Phi) is 4.25. The monoisotopic (exact) mass is 293 g/mol. The fourth-order valence-electron chi connectivity index (χ4n) is 2.49. The van der Waals surface area contributed by atoms with E-state index in [1.165, 1.54) is 4.90 Å². The summed E-state index contributed by atoms with van der Waals surface area (Å²) in [6, 6.07) is 0. The molecule has 7 heteroatoms. The van der Waals surface area contributed by atoms with Crippen molar-refractivity contribution in [3.63, 3.8) is 0 Å². The molecule has 2 aliphatic rings. The lowest BCUT2D eigenvalue weighted by Gasteiger charge is -2.36. The predicted molar refractivity (Wildman–Crippen MR) is 63.8 cm³/mol. The zero-order valence-corrected chi connectivity index (χ0v) is 11.0. The SMILES string of the molecule is O=C(O)C1CCC1C(=O)N(CCC(F)(F)F)CC1CC1. The number of rotatable bonds is 6. The lowest BCUT2D eigenvalue weighted by Crippen LogP contribution is -2.47. The van der Waals surface area contributed by atoms with E-state index in [4.69, 9.17) is 5.11 Å². The molecule has 4 nitrogen and oxygen atoms in total. The van der Waals surface area contributed by atoms with Crippen molar-refractivity contribution < 1.29 is 27.9 Å². The Bertz CT molecular complexity index is 393. The maximum absolute atomic E-state index is 12.3. The van der Waals surface area contributed by atoms with E-state index >= 15 is 0 Å². The molecule has 2 fully saturated rings. The average Bonchev–Trinajstić information content (AvgIpc) is 3.03. The van der Waals surface area contributed by atoms with Crippen LogP contribution < -0.4 is 0 Å². The van der Waals surface area contributed by atoms with Gasteiger partial charge in [0.2, 0.25) is 5.91 Å². The number of aliphatic carboxylic acids is 1. The van der Waals surface area contributed by atoms with E-state index in [1.807, 2.05) is 0 Å². The molecule has 114 valence electrons. The van der Waals surface area contributed by atoms with Crippen molar-refractivity contribution in [2.45, 2.75) is 38.3 Å². The molecule has 0 radical (unpaired) electrons. The largest absolute Gasteiger partial charge is 0.481 e. The second kappa shape index (κ2) is 5.61. The summed E-state index contributed by atoms with van der Waals surface area (Å²) in [6.07, 6.45) is -2.57. The summed E-state index contributed by atoms with van der Waals surface area (Å²) in [7, 11) is 0. The van der Waals surface area contributed by atoms with E-state index in [0.29, 0.717) is 19.4 Å². The molecule has 0 bridgehead atoms. The van der Waals surface area contributed by atoms with Gasteiger partial charge in [-0.2, -0.15) is 13.2 Å². The first kappa shape index (κ1) is 15.1. The zero-order valence-electron chi connectivity index (χ0n) is 11.0. The summed E-state index contributed by atoms with van der Waals surface area (Å²) in [5.74, 6) is -2.53. The number of hydrogen-bond acceptors (Lipinski definition) is 2. The van der Waals surface area contributed by atoms with E-state index < -0.39 is 36.3 Å². The highest BCUT2D eigenvalue weighted by molar-refractivity contribution is 5.86. The fraction of sp³-hybridized carbons (Fsp3) is 0.846. The second-order valence-corrected chi connectivity index (χ2v) is 5.72. The van der Waals surface area contributed by atoms with Crippen LogP contribution in [0, 0.1) is 17.8 Å². The summed E-state index contributed by atoms with van der Waals surface area (Å²) in [5.41, 5.74) is 0. The minimum atomic E-state index is -4.30. The van der Waals surface area contributed by atoms with Crippen LogP contribution in [0.3, 0.4) is 0 Å².